The van der Waals surface area contributed by atoms with E-state index >= 15 is 0 Å². The van der Waals surface area contributed by atoms with Crippen molar-refractivity contribution in [2.75, 3.05) is 25.1 Å². The molecule has 0 spiro atoms. The van der Waals surface area contributed by atoms with E-state index in [-0.39, 0.29) is 22.0 Å². The number of nitrogens with zero attached hydrogens (tertiary/aromatic N) is 2. The summed E-state index contributed by atoms with van der Waals surface area (Å²) in [5, 5.41) is 16.8. The van der Waals surface area contributed by atoms with E-state index in [1.807, 2.05) is 24.3 Å². The Morgan fingerprint density at radius 1 is 1.05 bits per heavy atom. The molecule has 192 valence electrons. The predicted octanol–water partition coefficient (Wildman–Crippen LogP) is 4.82. The van der Waals surface area contributed by atoms with Crippen LogP contribution in [0.3, 0.4) is 0 Å². The number of nitrogens with one attached hydrogen (secondary N) is 2. The van der Waals surface area contributed by atoms with Crippen molar-refractivity contribution in [3.05, 3.63) is 94.1 Å². The fourth-order valence-corrected chi connectivity index (χ4v) is 3.74. The number of halogens is 1. The molecule has 0 radical (unpaired) electrons. The number of phenols is 1. The first kappa shape index (κ1) is 27.3. The highest BCUT2D eigenvalue weighted by molar-refractivity contribution is 6.34. The SMILES string of the molecule is CCN(CC)c1ccc(/C=C(/NC(=O)c2ccccc2Cl)C(=O)NN=Cc2cc(OC)ccc2O)cc1. The number of carbonyl (C=O) groups is 2. The maximum atomic E-state index is 13.0. The molecule has 0 bridgehead atoms. The summed E-state index contributed by atoms with van der Waals surface area (Å²) in [6.07, 6.45) is 2.83. The number of amides is 2. The van der Waals surface area contributed by atoms with Gasteiger partial charge in [0.1, 0.15) is 17.2 Å². The van der Waals surface area contributed by atoms with Crippen molar-refractivity contribution in [1.82, 2.24) is 10.7 Å². The van der Waals surface area contributed by atoms with Crippen molar-refractivity contribution in [2.24, 2.45) is 5.10 Å². The van der Waals surface area contributed by atoms with Crippen molar-refractivity contribution in [2.45, 2.75) is 13.8 Å². The van der Waals surface area contributed by atoms with Gasteiger partial charge >= 0.3 is 0 Å². The second-order valence-corrected chi connectivity index (χ2v) is 8.29. The zero-order valence-electron chi connectivity index (χ0n) is 20.9. The van der Waals surface area contributed by atoms with Crippen LogP contribution >= 0.6 is 11.6 Å². The van der Waals surface area contributed by atoms with E-state index in [0.29, 0.717) is 16.9 Å². The molecule has 3 aromatic carbocycles. The van der Waals surface area contributed by atoms with Gasteiger partial charge in [-0.25, -0.2) is 5.43 Å². The Balaban J connectivity index is 1.86. The van der Waals surface area contributed by atoms with Gasteiger partial charge in [0.05, 0.1) is 23.9 Å². The molecule has 0 heterocycles. The van der Waals surface area contributed by atoms with Crippen LogP contribution in [0.15, 0.2) is 77.5 Å². The van der Waals surface area contributed by atoms with Gasteiger partial charge in [-0.2, -0.15) is 5.10 Å². The molecule has 3 aromatic rings. The molecule has 0 fully saturated rings. The van der Waals surface area contributed by atoms with Gasteiger partial charge < -0.3 is 20.1 Å². The molecule has 37 heavy (non-hydrogen) atoms. The normalized spacial score (nSPS) is 11.3. The van der Waals surface area contributed by atoms with Gasteiger partial charge in [-0.1, -0.05) is 35.9 Å². The zero-order chi connectivity index (χ0) is 26.8. The molecule has 0 saturated carbocycles. The molecular formula is C28H29ClN4O4. The topological polar surface area (TPSA) is 103 Å². The number of methoxy groups -OCH3 is 1. The maximum absolute atomic E-state index is 13.0. The van der Waals surface area contributed by atoms with Gasteiger partial charge in [0.25, 0.3) is 11.8 Å². The van der Waals surface area contributed by atoms with E-state index in [2.05, 4.69) is 34.6 Å². The Morgan fingerprint density at radius 2 is 1.76 bits per heavy atom. The number of anilines is 1. The van der Waals surface area contributed by atoms with Crippen LogP contribution in [-0.4, -0.2) is 43.3 Å². The summed E-state index contributed by atoms with van der Waals surface area (Å²) in [7, 11) is 1.50. The predicted molar refractivity (Wildman–Crippen MR) is 147 cm³/mol. The summed E-state index contributed by atoms with van der Waals surface area (Å²) in [5.74, 6) is -0.714. The summed E-state index contributed by atoms with van der Waals surface area (Å²) in [5.41, 5.74) is 4.68. The second-order valence-electron chi connectivity index (χ2n) is 7.88. The van der Waals surface area contributed by atoms with Gasteiger partial charge in [0.2, 0.25) is 0 Å². The number of ether oxygens (including phenoxy) is 1. The Morgan fingerprint density at radius 3 is 2.41 bits per heavy atom. The molecule has 2 amide bonds. The first-order valence-electron chi connectivity index (χ1n) is 11.7. The number of benzene rings is 3. The fourth-order valence-electron chi connectivity index (χ4n) is 3.51. The number of aromatic hydroxyl groups is 1. The average Bonchev–Trinajstić information content (AvgIpc) is 2.91. The fraction of sp³-hybridized carbons (Fsp3) is 0.179. The molecule has 0 atom stereocenters. The summed E-state index contributed by atoms with van der Waals surface area (Å²) in [6, 6.07) is 18.8. The molecule has 0 aliphatic carbocycles. The van der Waals surface area contributed by atoms with Crippen molar-refractivity contribution >= 4 is 41.4 Å². The summed E-state index contributed by atoms with van der Waals surface area (Å²) >= 11 is 6.16. The van der Waals surface area contributed by atoms with Gasteiger partial charge in [-0.3, -0.25) is 9.59 Å². The van der Waals surface area contributed by atoms with Crippen LogP contribution in [0.2, 0.25) is 5.02 Å². The molecule has 0 aromatic heterocycles. The highest BCUT2D eigenvalue weighted by Crippen LogP contribution is 2.21. The average molecular weight is 521 g/mol. The third-order valence-corrected chi connectivity index (χ3v) is 5.88. The molecule has 0 saturated heterocycles. The van der Waals surface area contributed by atoms with Crippen molar-refractivity contribution in [1.29, 1.82) is 0 Å². The van der Waals surface area contributed by atoms with Crippen LogP contribution < -0.4 is 20.4 Å². The van der Waals surface area contributed by atoms with Gasteiger partial charge in [0, 0.05) is 24.3 Å². The van der Waals surface area contributed by atoms with E-state index in [9.17, 15) is 14.7 Å². The molecule has 3 rings (SSSR count). The van der Waals surface area contributed by atoms with Crippen LogP contribution in [0.5, 0.6) is 11.5 Å². The molecule has 0 unspecified atom stereocenters. The lowest BCUT2D eigenvalue weighted by Gasteiger charge is -2.21. The molecule has 9 heteroatoms. The number of hydrazone groups is 1. The van der Waals surface area contributed by atoms with E-state index in [1.165, 1.54) is 19.4 Å². The Kier molecular flexibility index (Phi) is 9.69. The lowest BCUT2D eigenvalue weighted by Crippen LogP contribution is -2.33. The summed E-state index contributed by atoms with van der Waals surface area (Å²) in [4.78, 5) is 28.1. The number of phenolic OH excluding ortho intramolecular Hbond substituents is 1. The Hall–Kier alpha value is -4.30. The van der Waals surface area contributed by atoms with Crippen molar-refractivity contribution < 1.29 is 19.4 Å². The number of rotatable bonds is 10. The first-order valence-corrected chi connectivity index (χ1v) is 12.1. The van der Waals surface area contributed by atoms with Crippen LogP contribution in [0.4, 0.5) is 5.69 Å². The molecular weight excluding hydrogens is 492 g/mol. The molecule has 3 N–H and O–H groups in total. The second kappa shape index (κ2) is 13.1. The van der Waals surface area contributed by atoms with Gasteiger partial charge in [-0.05, 0) is 68.0 Å². The van der Waals surface area contributed by atoms with E-state index < -0.39 is 11.8 Å². The molecule has 0 aliphatic rings. The largest absolute Gasteiger partial charge is 0.507 e. The number of carbonyl (C=O) groups excluding carboxylic acids is 2. The first-order chi connectivity index (χ1) is 17.9. The minimum absolute atomic E-state index is 0.0325. The zero-order valence-corrected chi connectivity index (χ0v) is 21.6. The van der Waals surface area contributed by atoms with Crippen LogP contribution in [0, 0.1) is 0 Å². The van der Waals surface area contributed by atoms with Gasteiger partial charge in [0.15, 0.2) is 0 Å². The smallest absolute Gasteiger partial charge is 0.287 e. The minimum atomic E-state index is -0.660. The van der Waals surface area contributed by atoms with Crippen LogP contribution in [0.1, 0.15) is 35.3 Å². The molecule has 8 nitrogen and oxygen atoms in total. The number of hydrogen-bond acceptors (Lipinski definition) is 6. The van der Waals surface area contributed by atoms with E-state index in [0.717, 1.165) is 18.8 Å². The lowest BCUT2D eigenvalue weighted by atomic mass is 10.1. The van der Waals surface area contributed by atoms with Crippen LogP contribution in [-0.2, 0) is 4.79 Å². The third-order valence-electron chi connectivity index (χ3n) is 5.55. The Bertz CT molecular complexity index is 1300. The quantitative estimate of drug-likeness (QED) is 0.202. The standard InChI is InChI=1S/C28H29ClN4O4/c1-4-33(5-2)21-12-10-19(11-13-21)16-25(31-27(35)23-8-6-7-9-24(23)29)28(36)32-30-18-20-17-22(37-3)14-15-26(20)34/h6-18,34H,4-5H2,1-3H3,(H,31,35)(H,32,36)/b25-16+,30-18?. The maximum Gasteiger partial charge on any atom is 0.287 e. The lowest BCUT2D eigenvalue weighted by molar-refractivity contribution is -0.117. The third kappa shape index (κ3) is 7.35. The van der Waals surface area contributed by atoms with E-state index in [4.69, 9.17) is 16.3 Å². The van der Waals surface area contributed by atoms with Crippen LogP contribution in [0.25, 0.3) is 6.08 Å². The summed E-state index contributed by atoms with van der Waals surface area (Å²) in [6.45, 7) is 5.90. The van der Waals surface area contributed by atoms with Crippen molar-refractivity contribution in [3.8, 4) is 11.5 Å². The monoisotopic (exact) mass is 520 g/mol. The van der Waals surface area contributed by atoms with E-state index in [1.54, 1.807) is 42.5 Å². The Labute approximate surface area is 221 Å². The highest BCUT2D eigenvalue weighted by atomic mass is 35.5. The highest BCUT2D eigenvalue weighted by Gasteiger charge is 2.16. The number of hydrogen-bond donors (Lipinski definition) is 3. The van der Waals surface area contributed by atoms with Gasteiger partial charge in [-0.15, -0.1) is 0 Å². The minimum Gasteiger partial charge on any atom is -0.507 e. The van der Waals surface area contributed by atoms with Crippen molar-refractivity contribution in [3.63, 3.8) is 0 Å². The summed E-state index contributed by atoms with van der Waals surface area (Å²) < 4.78 is 5.14. The molecule has 0 aliphatic heterocycles.